The Morgan fingerprint density at radius 1 is 1.11 bits per heavy atom. The summed E-state index contributed by atoms with van der Waals surface area (Å²) in [5, 5.41) is 3.18. The van der Waals surface area contributed by atoms with E-state index >= 15 is 0 Å². The Kier molecular flexibility index (Phi) is 3.38. The SMILES string of the molecule is O=C(CCc1ccncc1)c1cccc2ccsc12. The molecule has 2 nitrogen and oxygen atoms in total. The molecule has 0 aliphatic carbocycles. The van der Waals surface area contributed by atoms with Crippen molar-refractivity contribution in [1.82, 2.24) is 4.98 Å². The van der Waals surface area contributed by atoms with Crippen LogP contribution in [-0.2, 0) is 6.42 Å². The highest BCUT2D eigenvalue weighted by atomic mass is 32.1. The largest absolute Gasteiger partial charge is 0.294 e. The lowest BCUT2D eigenvalue weighted by Crippen LogP contribution is -2.01. The lowest BCUT2D eigenvalue weighted by atomic mass is 10.0. The van der Waals surface area contributed by atoms with E-state index < -0.39 is 0 Å². The van der Waals surface area contributed by atoms with Gasteiger partial charge in [-0.25, -0.2) is 0 Å². The molecule has 0 aliphatic rings. The average Bonchev–Trinajstić information content (AvgIpc) is 2.94. The van der Waals surface area contributed by atoms with Crippen molar-refractivity contribution < 1.29 is 4.79 Å². The first-order valence-corrected chi connectivity index (χ1v) is 7.11. The summed E-state index contributed by atoms with van der Waals surface area (Å²) in [7, 11) is 0. The summed E-state index contributed by atoms with van der Waals surface area (Å²) in [5.41, 5.74) is 2.00. The number of thiophene rings is 1. The molecule has 3 aromatic rings. The number of pyridine rings is 1. The molecule has 2 heterocycles. The summed E-state index contributed by atoms with van der Waals surface area (Å²) in [6.07, 6.45) is 4.84. The minimum absolute atomic E-state index is 0.213. The van der Waals surface area contributed by atoms with Crippen molar-refractivity contribution in [2.75, 3.05) is 0 Å². The van der Waals surface area contributed by atoms with E-state index in [0.717, 1.165) is 27.6 Å². The van der Waals surface area contributed by atoms with Gasteiger partial charge in [0.15, 0.2) is 5.78 Å². The fourth-order valence-electron chi connectivity index (χ4n) is 2.15. The highest BCUT2D eigenvalue weighted by molar-refractivity contribution is 7.17. The Hall–Kier alpha value is -2.00. The summed E-state index contributed by atoms with van der Waals surface area (Å²) < 4.78 is 1.10. The van der Waals surface area contributed by atoms with Gasteiger partial charge in [0.2, 0.25) is 0 Å². The maximum atomic E-state index is 12.3. The number of carbonyl (C=O) groups excluding carboxylic acids is 1. The first-order valence-electron chi connectivity index (χ1n) is 6.23. The predicted molar refractivity (Wildman–Crippen MR) is 78.7 cm³/mol. The van der Waals surface area contributed by atoms with Crippen LogP contribution in [0.5, 0.6) is 0 Å². The van der Waals surface area contributed by atoms with Crippen LogP contribution in [-0.4, -0.2) is 10.8 Å². The van der Waals surface area contributed by atoms with E-state index in [1.54, 1.807) is 23.7 Å². The number of Topliss-reactive ketones (excluding diaryl/α,β-unsaturated/α-hetero) is 1. The zero-order valence-corrected chi connectivity index (χ0v) is 11.2. The van der Waals surface area contributed by atoms with Gasteiger partial charge < -0.3 is 0 Å². The number of hydrogen-bond acceptors (Lipinski definition) is 3. The molecule has 0 radical (unpaired) electrons. The van der Waals surface area contributed by atoms with Gasteiger partial charge in [0, 0.05) is 29.1 Å². The molecular formula is C16H13NOS. The van der Waals surface area contributed by atoms with Crippen LogP contribution in [0.4, 0.5) is 0 Å². The predicted octanol–water partition coefficient (Wildman–Crippen LogP) is 4.11. The summed E-state index contributed by atoms with van der Waals surface area (Å²) >= 11 is 1.63. The van der Waals surface area contributed by atoms with Crippen LogP contribution in [0.2, 0.25) is 0 Å². The van der Waals surface area contributed by atoms with Crippen molar-refractivity contribution in [1.29, 1.82) is 0 Å². The molecule has 0 spiro atoms. The second kappa shape index (κ2) is 5.33. The summed E-state index contributed by atoms with van der Waals surface area (Å²) in [5.74, 6) is 0.213. The molecule has 0 bridgehead atoms. The Labute approximate surface area is 115 Å². The molecule has 3 rings (SSSR count). The number of aromatic nitrogens is 1. The van der Waals surface area contributed by atoms with Crippen molar-refractivity contribution in [3.63, 3.8) is 0 Å². The number of ketones is 1. The summed E-state index contributed by atoms with van der Waals surface area (Å²) in [6.45, 7) is 0. The fourth-order valence-corrected chi connectivity index (χ4v) is 3.09. The quantitative estimate of drug-likeness (QED) is 0.666. The van der Waals surface area contributed by atoms with Gasteiger partial charge in [0.25, 0.3) is 0 Å². The van der Waals surface area contributed by atoms with E-state index in [0.29, 0.717) is 6.42 Å². The van der Waals surface area contributed by atoms with Crippen LogP contribution in [0, 0.1) is 0 Å². The third-order valence-electron chi connectivity index (χ3n) is 3.17. The molecule has 94 valence electrons. The topological polar surface area (TPSA) is 30.0 Å². The van der Waals surface area contributed by atoms with Crippen LogP contribution in [0.1, 0.15) is 22.3 Å². The Balaban J connectivity index is 1.79. The molecule has 0 N–H and O–H groups in total. The van der Waals surface area contributed by atoms with Gasteiger partial charge in [-0.15, -0.1) is 11.3 Å². The number of fused-ring (bicyclic) bond motifs is 1. The van der Waals surface area contributed by atoms with Gasteiger partial charge in [-0.05, 0) is 47.0 Å². The second-order valence-corrected chi connectivity index (χ2v) is 5.34. The van der Waals surface area contributed by atoms with E-state index in [1.165, 1.54) is 0 Å². The van der Waals surface area contributed by atoms with Crippen molar-refractivity contribution in [2.45, 2.75) is 12.8 Å². The number of aryl methyl sites for hydroxylation is 1. The normalized spacial score (nSPS) is 10.7. The minimum atomic E-state index is 0.213. The first-order chi connectivity index (χ1) is 9.34. The lowest BCUT2D eigenvalue weighted by Gasteiger charge is -2.03. The molecule has 0 atom stereocenters. The highest BCUT2D eigenvalue weighted by Gasteiger charge is 2.10. The molecule has 0 saturated heterocycles. The van der Waals surface area contributed by atoms with Crippen LogP contribution in [0.3, 0.4) is 0 Å². The maximum Gasteiger partial charge on any atom is 0.164 e. The molecule has 2 aromatic heterocycles. The lowest BCUT2D eigenvalue weighted by molar-refractivity contribution is 0.0984. The van der Waals surface area contributed by atoms with Gasteiger partial charge in [-0.3, -0.25) is 9.78 Å². The third kappa shape index (κ3) is 2.56. The van der Waals surface area contributed by atoms with Crippen LogP contribution in [0.25, 0.3) is 10.1 Å². The summed E-state index contributed by atoms with van der Waals surface area (Å²) in [4.78, 5) is 16.3. The second-order valence-electron chi connectivity index (χ2n) is 4.42. The Morgan fingerprint density at radius 2 is 1.95 bits per heavy atom. The molecule has 3 heteroatoms. The van der Waals surface area contributed by atoms with Gasteiger partial charge in [-0.2, -0.15) is 0 Å². The van der Waals surface area contributed by atoms with Crippen LogP contribution >= 0.6 is 11.3 Å². The molecule has 0 amide bonds. The molecule has 0 unspecified atom stereocenters. The molecule has 0 aliphatic heterocycles. The third-order valence-corrected chi connectivity index (χ3v) is 4.13. The average molecular weight is 267 g/mol. The van der Waals surface area contributed by atoms with E-state index in [4.69, 9.17) is 0 Å². The van der Waals surface area contributed by atoms with Gasteiger partial charge in [0.1, 0.15) is 0 Å². The van der Waals surface area contributed by atoms with E-state index in [2.05, 4.69) is 11.1 Å². The van der Waals surface area contributed by atoms with E-state index in [-0.39, 0.29) is 5.78 Å². The van der Waals surface area contributed by atoms with Crippen LogP contribution in [0.15, 0.2) is 54.2 Å². The van der Waals surface area contributed by atoms with Crippen molar-refractivity contribution in [3.8, 4) is 0 Å². The summed E-state index contributed by atoms with van der Waals surface area (Å²) in [6, 6.07) is 11.9. The van der Waals surface area contributed by atoms with Gasteiger partial charge in [0.05, 0.1) is 0 Å². The monoisotopic (exact) mass is 267 g/mol. The zero-order valence-electron chi connectivity index (χ0n) is 10.4. The van der Waals surface area contributed by atoms with Gasteiger partial charge >= 0.3 is 0 Å². The zero-order chi connectivity index (χ0) is 13.1. The Bertz CT molecular complexity index is 703. The number of carbonyl (C=O) groups is 1. The molecule has 19 heavy (non-hydrogen) atoms. The number of rotatable bonds is 4. The maximum absolute atomic E-state index is 12.3. The highest BCUT2D eigenvalue weighted by Crippen LogP contribution is 2.25. The van der Waals surface area contributed by atoms with Crippen molar-refractivity contribution in [3.05, 3.63) is 65.3 Å². The molecular weight excluding hydrogens is 254 g/mol. The first kappa shape index (κ1) is 12.1. The van der Waals surface area contributed by atoms with E-state index in [9.17, 15) is 4.79 Å². The number of nitrogens with zero attached hydrogens (tertiary/aromatic N) is 1. The number of hydrogen-bond donors (Lipinski definition) is 0. The van der Waals surface area contributed by atoms with Crippen molar-refractivity contribution in [2.24, 2.45) is 0 Å². The minimum Gasteiger partial charge on any atom is -0.294 e. The van der Waals surface area contributed by atoms with E-state index in [1.807, 2.05) is 35.7 Å². The van der Waals surface area contributed by atoms with Crippen LogP contribution < -0.4 is 0 Å². The smallest absolute Gasteiger partial charge is 0.164 e. The molecule has 1 aromatic carbocycles. The fraction of sp³-hybridized carbons (Fsp3) is 0.125. The van der Waals surface area contributed by atoms with Gasteiger partial charge in [-0.1, -0.05) is 12.1 Å². The number of benzene rings is 1. The molecule has 0 fully saturated rings. The van der Waals surface area contributed by atoms with Crippen molar-refractivity contribution >= 4 is 27.2 Å². The standard InChI is InChI=1S/C16H13NOS/c18-15(5-4-12-6-9-17-10-7-12)14-3-1-2-13-8-11-19-16(13)14/h1-3,6-11H,4-5H2. The Morgan fingerprint density at radius 3 is 2.79 bits per heavy atom. The molecule has 0 saturated carbocycles.